The maximum atomic E-state index is 10.3. The van der Waals surface area contributed by atoms with Crippen LogP contribution in [0.3, 0.4) is 0 Å². The van der Waals surface area contributed by atoms with Crippen LogP contribution in [0.1, 0.15) is 18.9 Å². The van der Waals surface area contributed by atoms with Crippen molar-refractivity contribution in [3.8, 4) is 5.75 Å². The molecular weight excluding hydrogens is 242 g/mol. The summed E-state index contributed by atoms with van der Waals surface area (Å²) in [5.74, 6) is 0.238. The number of hydrogen-bond donors (Lipinski definition) is 2. The fraction of sp³-hybridized carbons (Fsp3) is 0.600. The normalized spacial score (nSPS) is 22.3. The van der Waals surface area contributed by atoms with Gasteiger partial charge >= 0.3 is 0 Å². The minimum absolute atomic E-state index is 0.136. The highest BCUT2D eigenvalue weighted by Gasteiger charge is 2.26. The van der Waals surface area contributed by atoms with E-state index in [2.05, 4.69) is 11.8 Å². The van der Waals surface area contributed by atoms with E-state index in [1.807, 2.05) is 6.07 Å². The molecule has 1 aliphatic rings. The fourth-order valence-electron chi connectivity index (χ4n) is 2.54. The molecule has 2 N–H and O–H groups in total. The van der Waals surface area contributed by atoms with Gasteiger partial charge in [0.1, 0.15) is 5.75 Å². The third kappa shape index (κ3) is 4.20. The Balaban J connectivity index is 1.90. The second-order valence-corrected chi connectivity index (χ2v) is 5.15. The third-order valence-corrected chi connectivity index (χ3v) is 3.50. The molecule has 2 unspecified atom stereocenters. The molecule has 1 aliphatic heterocycles. The van der Waals surface area contributed by atoms with E-state index in [-0.39, 0.29) is 11.9 Å². The monoisotopic (exact) mass is 265 g/mol. The number of nitrogens with zero attached hydrogens (tertiary/aromatic N) is 1. The van der Waals surface area contributed by atoms with Gasteiger partial charge in [0.15, 0.2) is 0 Å². The maximum absolute atomic E-state index is 10.3. The first-order valence-corrected chi connectivity index (χ1v) is 6.99. The molecule has 4 heteroatoms. The molecule has 0 spiro atoms. The summed E-state index contributed by atoms with van der Waals surface area (Å²) < 4.78 is 5.66. The second-order valence-electron chi connectivity index (χ2n) is 5.15. The number of aromatic hydroxyl groups is 1. The van der Waals surface area contributed by atoms with Crippen LogP contribution in [0, 0.1) is 0 Å². The van der Waals surface area contributed by atoms with Gasteiger partial charge in [0.05, 0.1) is 18.8 Å². The van der Waals surface area contributed by atoms with Crippen LogP contribution in [-0.2, 0) is 11.2 Å². The zero-order chi connectivity index (χ0) is 13.7. The molecule has 0 amide bonds. The summed E-state index contributed by atoms with van der Waals surface area (Å²) in [5, 5.41) is 19.7. The van der Waals surface area contributed by atoms with Gasteiger partial charge in [-0.2, -0.15) is 0 Å². The lowest BCUT2D eigenvalue weighted by atomic mass is 10.0. The molecule has 0 radical (unpaired) electrons. The van der Waals surface area contributed by atoms with Crippen molar-refractivity contribution in [1.29, 1.82) is 0 Å². The van der Waals surface area contributed by atoms with E-state index in [0.717, 1.165) is 31.6 Å². The lowest BCUT2D eigenvalue weighted by Gasteiger charge is -2.35. The van der Waals surface area contributed by atoms with E-state index in [0.29, 0.717) is 13.0 Å². The van der Waals surface area contributed by atoms with E-state index in [4.69, 9.17) is 4.74 Å². The number of phenols is 1. The summed E-state index contributed by atoms with van der Waals surface area (Å²) in [6.45, 7) is 5.63. The molecule has 4 nitrogen and oxygen atoms in total. The minimum Gasteiger partial charge on any atom is -0.508 e. The van der Waals surface area contributed by atoms with E-state index in [9.17, 15) is 10.2 Å². The molecular formula is C15H23NO3. The standard InChI is InChI=1S/C15H23NO3/c1-2-6-16-7-8-19-15(11-16)14(18)10-12-4-3-5-13(17)9-12/h3-5,9,14-15,17-18H,2,6-8,10-11H2,1H3. The number of morpholine rings is 1. The molecule has 106 valence electrons. The number of phenolic OH excluding ortho intramolecular Hbond substituents is 1. The fourth-order valence-corrected chi connectivity index (χ4v) is 2.54. The van der Waals surface area contributed by atoms with Crippen molar-refractivity contribution in [3.63, 3.8) is 0 Å². The highest BCUT2D eigenvalue weighted by molar-refractivity contribution is 5.27. The number of aliphatic hydroxyl groups excluding tert-OH is 1. The Labute approximate surface area is 114 Å². The number of ether oxygens (including phenoxy) is 1. The molecule has 19 heavy (non-hydrogen) atoms. The van der Waals surface area contributed by atoms with Gasteiger partial charge in [-0.15, -0.1) is 0 Å². The summed E-state index contributed by atoms with van der Waals surface area (Å²) in [5.41, 5.74) is 0.934. The van der Waals surface area contributed by atoms with Gasteiger partial charge < -0.3 is 14.9 Å². The van der Waals surface area contributed by atoms with E-state index >= 15 is 0 Å². The summed E-state index contributed by atoms with van der Waals surface area (Å²) in [4.78, 5) is 2.33. The van der Waals surface area contributed by atoms with E-state index in [1.165, 1.54) is 0 Å². The Morgan fingerprint density at radius 3 is 3.05 bits per heavy atom. The number of rotatable bonds is 5. The second kappa shape index (κ2) is 6.89. The number of hydrogen-bond acceptors (Lipinski definition) is 4. The molecule has 1 heterocycles. The van der Waals surface area contributed by atoms with Crippen molar-refractivity contribution in [2.75, 3.05) is 26.2 Å². The molecule has 0 aliphatic carbocycles. The summed E-state index contributed by atoms with van der Waals surface area (Å²) in [6, 6.07) is 7.03. The number of benzene rings is 1. The van der Waals surface area contributed by atoms with Crippen LogP contribution in [-0.4, -0.2) is 53.6 Å². The van der Waals surface area contributed by atoms with E-state index < -0.39 is 6.10 Å². The predicted octanol–water partition coefficient (Wildman–Crippen LogP) is 1.41. The SMILES string of the molecule is CCCN1CCOC(C(O)Cc2cccc(O)c2)C1. The molecule has 0 bridgehead atoms. The van der Waals surface area contributed by atoms with Crippen molar-refractivity contribution in [3.05, 3.63) is 29.8 Å². The largest absolute Gasteiger partial charge is 0.508 e. The molecule has 2 rings (SSSR count). The minimum atomic E-state index is -0.526. The number of aliphatic hydroxyl groups is 1. The van der Waals surface area contributed by atoms with Crippen LogP contribution in [0.4, 0.5) is 0 Å². The Hall–Kier alpha value is -1.10. The Kier molecular flexibility index (Phi) is 5.19. The maximum Gasteiger partial charge on any atom is 0.115 e. The quantitative estimate of drug-likeness (QED) is 0.845. The van der Waals surface area contributed by atoms with Crippen LogP contribution in [0.2, 0.25) is 0 Å². The van der Waals surface area contributed by atoms with Gasteiger partial charge in [0.25, 0.3) is 0 Å². The molecule has 0 aromatic heterocycles. The van der Waals surface area contributed by atoms with Crippen molar-refractivity contribution >= 4 is 0 Å². The average Bonchev–Trinajstić information content (AvgIpc) is 2.39. The lowest BCUT2D eigenvalue weighted by molar-refractivity contribution is -0.0877. The van der Waals surface area contributed by atoms with Crippen molar-refractivity contribution in [1.82, 2.24) is 4.90 Å². The van der Waals surface area contributed by atoms with Crippen LogP contribution >= 0.6 is 0 Å². The smallest absolute Gasteiger partial charge is 0.115 e. The van der Waals surface area contributed by atoms with Crippen molar-refractivity contribution in [2.24, 2.45) is 0 Å². The highest BCUT2D eigenvalue weighted by atomic mass is 16.5. The molecule has 1 aromatic rings. The van der Waals surface area contributed by atoms with Crippen LogP contribution in [0.15, 0.2) is 24.3 Å². The van der Waals surface area contributed by atoms with Crippen LogP contribution in [0.5, 0.6) is 5.75 Å². The first-order valence-electron chi connectivity index (χ1n) is 6.99. The molecule has 1 saturated heterocycles. The average molecular weight is 265 g/mol. The van der Waals surface area contributed by atoms with Gasteiger partial charge in [-0.05, 0) is 30.7 Å². The molecule has 1 aromatic carbocycles. The van der Waals surface area contributed by atoms with Crippen molar-refractivity contribution < 1.29 is 14.9 Å². The Bertz CT molecular complexity index is 395. The zero-order valence-corrected chi connectivity index (χ0v) is 11.5. The lowest BCUT2D eigenvalue weighted by Crippen LogP contribution is -2.48. The van der Waals surface area contributed by atoms with Gasteiger partial charge in [-0.25, -0.2) is 0 Å². The summed E-state index contributed by atoms with van der Waals surface area (Å²) in [7, 11) is 0. The molecule has 2 atom stereocenters. The third-order valence-electron chi connectivity index (χ3n) is 3.50. The topological polar surface area (TPSA) is 52.9 Å². The van der Waals surface area contributed by atoms with Gasteiger partial charge in [-0.3, -0.25) is 4.90 Å². The van der Waals surface area contributed by atoms with Gasteiger partial charge in [0, 0.05) is 19.5 Å². The first kappa shape index (κ1) is 14.3. The van der Waals surface area contributed by atoms with Crippen molar-refractivity contribution in [2.45, 2.75) is 32.0 Å². The van der Waals surface area contributed by atoms with E-state index in [1.54, 1.807) is 18.2 Å². The molecule has 0 saturated carbocycles. The Morgan fingerprint density at radius 2 is 2.32 bits per heavy atom. The molecule has 1 fully saturated rings. The summed E-state index contributed by atoms with van der Waals surface area (Å²) in [6.07, 6.45) is 0.970. The predicted molar refractivity (Wildman–Crippen MR) is 74.3 cm³/mol. The van der Waals surface area contributed by atoms with Gasteiger partial charge in [0.2, 0.25) is 0 Å². The Morgan fingerprint density at radius 1 is 1.47 bits per heavy atom. The van der Waals surface area contributed by atoms with Crippen LogP contribution < -0.4 is 0 Å². The van der Waals surface area contributed by atoms with Gasteiger partial charge in [-0.1, -0.05) is 19.1 Å². The first-order chi connectivity index (χ1) is 9.19. The zero-order valence-electron chi connectivity index (χ0n) is 11.5. The highest BCUT2D eigenvalue weighted by Crippen LogP contribution is 2.16. The summed E-state index contributed by atoms with van der Waals surface area (Å²) >= 11 is 0. The van der Waals surface area contributed by atoms with Crippen LogP contribution in [0.25, 0.3) is 0 Å².